The second-order valence-corrected chi connectivity index (χ2v) is 5.61. The van der Waals surface area contributed by atoms with Crippen LogP contribution < -0.4 is 4.90 Å². The molecule has 1 aromatic carbocycles. The molecule has 0 spiro atoms. The Bertz CT molecular complexity index is 494. The largest absolute Gasteiger partial charge is 0.507 e. The number of rotatable bonds is 3. The van der Waals surface area contributed by atoms with E-state index in [9.17, 15) is 9.90 Å². The fourth-order valence-electron chi connectivity index (χ4n) is 2.37. The number of phenols is 1. The van der Waals surface area contributed by atoms with Gasteiger partial charge in [-0.15, -0.1) is 0 Å². The molecular formula is C14H19NO3. The SMILES string of the molecule is CN1CCc2c1ccc(CC(C)(C)C(=O)O)c2O. The summed E-state index contributed by atoms with van der Waals surface area (Å²) < 4.78 is 0. The van der Waals surface area contributed by atoms with E-state index >= 15 is 0 Å². The first-order valence-electron chi connectivity index (χ1n) is 6.11. The number of aromatic hydroxyl groups is 1. The fourth-order valence-corrected chi connectivity index (χ4v) is 2.37. The lowest BCUT2D eigenvalue weighted by Crippen LogP contribution is -2.26. The van der Waals surface area contributed by atoms with E-state index in [0.29, 0.717) is 6.42 Å². The summed E-state index contributed by atoms with van der Waals surface area (Å²) in [4.78, 5) is 13.2. The van der Waals surface area contributed by atoms with Crippen molar-refractivity contribution in [3.8, 4) is 5.75 Å². The van der Waals surface area contributed by atoms with Crippen molar-refractivity contribution in [1.82, 2.24) is 0 Å². The second-order valence-electron chi connectivity index (χ2n) is 5.61. The maximum absolute atomic E-state index is 11.1. The molecule has 18 heavy (non-hydrogen) atoms. The zero-order valence-electron chi connectivity index (χ0n) is 11.0. The summed E-state index contributed by atoms with van der Waals surface area (Å²) in [6.07, 6.45) is 1.16. The summed E-state index contributed by atoms with van der Waals surface area (Å²) in [6, 6.07) is 3.80. The summed E-state index contributed by atoms with van der Waals surface area (Å²) in [5, 5.41) is 19.4. The first kappa shape index (κ1) is 12.7. The average Bonchev–Trinajstić information content (AvgIpc) is 2.65. The van der Waals surface area contributed by atoms with Crippen LogP contribution >= 0.6 is 0 Å². The van der Waals surface area contributed by atoms with Crippen molar-refractivity contribution in [3.63, 3.8) is 0 Å². The Morgan fingerprint density at radius 1 is 1.44 bits per heavy atom. The van der Waals surface area contributed by atoms with Gasteiger partial charge in [-0.25, -0.2) is 0 Å². The van der Waals surface area contributed by atoms with Crippen molar-refractivity contribution in [1.29, 1.82) is 0 Å². The van der Waals surface area contributed by atoms with Gasteiger partial charge >= 0.3 is 5.97 Å². The highest BCUT2D eigenvalue weighted by molar-refractivity contribution is 5.74. The van der Waals surface area contributed by atoms with Crippen LogP contribution in [0.4, 0.5) is 5.69 Å². The van der Waals surface area contributed by atoms with Gasteiger partial charge in [0.2, 0.25) is 0 Å². The minimum Gasteiger partial charge on any atom is -0.507 e. The van der Waals surface area contributed by atoms with Crippen LogP contribution in [0.25, 0.3) is 0 Å². The molecule has 0 bridgehead atoms. The highest BCUT2D eigenvalue weighted by Crippen LogP contribution is 2.38. The van der Waals surface area contributed by atoms with Crippen LogP contribution in [0.5, 0.6) is 5.75 Å². The number of anilines is 1. The van der Waals surface area contributed by atoms with Gasteiger partial charge in [-0.05, 0) is 38.3 Å². The Labute approximate surface area is 107 Å². The molecule has 98 valence electrons. The summed E-state index contributed by atoms with van der Waals surface area (Å²) >= 11 is 0. The quantitative estimate of drug-likeness (QED) is 0.860. The van der Waals surface area contributed by atoms with Gasteiger partial charge in [-0.3, -0.25) is 4.79 Å². The fraction of sp³-hybridized carbons (Fsp3) is 0.500. The van der Waals surface area contributed by atoms with Crippen LogP contribution in [0.2, 0.25) is 0 Å². The number of hydrogen-bond donors (Lipinski definition) is 2. The molecule has 4 heteroatoms. The molecule has 0 saturated heterocycles. The lowest BCUT2D eigenvalue weighted by molar-refractivity contribution is -0.146. The molecule has 0 atom stereocenters. The Balaban J connectivity index is 2.35. The molecule has 0 amide bonds. The molecule has 0 aliphatic carbocycles. The van der Waals surface area contributed by atoms with Crippen LogP contribution in [0.3, 0.4) is 0 Å². The number of benzene rings is 1. The number of carbonyl (C=O) groups is 1. The molecule has 0 fully saturated rings. The zero-order chi connectivity index (χ0) is 13.5. The summed E-state index contributed by atoms with van der Waals surface area (Å²) in [5.74, 6) is -0.578. The number of fused-ring (bicyclic) bond motifs is 1. The predicted molar refractivity (Wildman–Crippen MR) is 70.2 cm³/mol. The number of likely N-dealkylation sites (N-methyl/N-ethyl adjacent to an activating group) is 1. The van der Waals surface area contributed by atoms with Crippen LogP contribution in [0.1, 0.15) is 25.0 Å². The Hall–Kier alpha value is -1.71. The number of carboxylic acid groups (broad SMARTS) is 1. The number of hydrogen-bond acceptors (Lipinski definition) is 3. The summed E-state index contributed by atoms with van der Waals surface area (Å²) in [5.41, 5.74) is 1.84. The Morgan fingerprint density at radius 3 is 2.72 bits per heavy atom. The second kappa shape index (κ2) is 4.19. The number of carboxylic acids is 1. The van der Waals surface area contributed by atoms with Crippen molar-refractivity contribution in [2.24, 2.45) is 5.41 Å². The molecule has 2 rings (SSSR count). The lowest BCUT2D eigenvalue weighted by atomic mass is 9.85. The van der Waals surface area contributed by atoms with E-state index in [1.54, 1.807) is 13.8 Å². The maximum Gasteiger partial charge on any atom is 0.309 e. The lowest BCUT2D eigenvalue weighted by Gasteiger charge is -2.21. The van der Waals surface area contributed by atoms with E-state index in [0.717, 1.165) is 29.8 Å². The molecule has 0 unspecified atom stereocenters. The first-order valence-corrected chi connectivity index (χ1v) is 6.11. The summed E-state index contributed by atoms with van der Waals surface area (Å²) in [7, 11) is 1.99. The molecule has 4 nitrogen and oxygen atoms in total. The van der Waals surface area contributed by atoms with E-state index in [2.05, 4.69) is 4.90 Å². The van der Waals surface area contributed by atoms with Gasteiger partial charge in [-0.1, -0.05) is 6.07 Å². The van der Waals surface area contributed by atoms with E-state index < -0.39 is 11.4 Å². The topological polar surface area (TPSA) is 60.8 Å². The van der Waals surface area contributed by atoms with Gasteiger partial charge in [0, 0.05) is 24.8 Å². The van der Waals surface area contributed by atoms with Gasteiger partial charge in [0.1, 0.15) is 5.75 Å². The monoisotopic (exact) mass is 249 g/mol. The normalized spacial score (nSPS) is 14.7. The van der Waals surface area contributed by atoms with Crippen molar-refractivity contribution >= 4 is 11.7 Å². The number of aliphatic carboxylic acids is 1. The number of phenolic OH excluding ortho intramolecular Hbond substituents is 1. The highest BCUT2D eigenvalue weighted by atomic mass is 16.4. The standard InChI is InChI=1S/C14H19NO3/c1-14(2,13(17)18)8-9-4-5-11-10(12(9)16)6-7-15(11)3/h4-5,16H,6-8H2,1-3H3,(H,17,18). The Kier molecular flexibility index (Phi) is 2.97. The van der Waals surface area contributed by atoms with Gasteiger partial charge in [0.05, 0.1) is 5.41 Å². The molecule has 0 saturated carbocycles. The average molecular weight is 249 g/mol. The first-order chi connectivity index (χ1) is 8.33. The maximum atomic E-state index is 11.1. The van der Waals surface area contributed by atoms with Gasteiger partial charge < -0.3 is 15.1 Å². The highest BCUT2D eigenvalue weighted by Gasteiger charge is 2.30. The molecular weight excluding hydrogens is 230 g/mol. The van der Waals surface area contributed by atoms with Gasteiger partial charge in [-0.2, -0.15) is 0 Å². The van der Waals surface area contributed by atoms with Crippen LogP contribution in [0.15, 0.2) is 12.1 Å². The number of nitrogens with zero attached hydrogens (tertiary/aromatic N) is 1. The van der Waals surface area contributed by atoms with E-state index in [4.69, 9.17) is 5.11 Å². The van der Waals surface area contributed by atoms with E-state index in [-0.39, 0.29) is 5.75 Å². The smallest absolute Gasteiger partial charge is 0.309 e. The molecule has 0 radical (unpaired) electrons. The minimum atomic E-state index is -0.865. The summed E-state index contributed by atoms with van der Waals surface area (Å²) in [6.45, 7) is 4.25. The van der Waals surface area contributed by atoms with Gasteiger partial charge in [0.25, 0.3) is 0 Å². The van der Waals surface area contributed by atoms with Crippen LogP contribution in [-0.4, -0.2) is 29.8 Å². The minimum absolute atomic E-state index is 0.270. The van der Waals surface area contributed by atoms with Crippen LogP contribution in [-0.2, 0) is 17.6 Å². The zero-order valence-corrected chi connectivity index (χ0v) is 11.0. The van der Waals surface area contributed by atoms with Crippen molar-refractivity contribution < 1.29 is 15.0 Å². The predicted octanol–water partition coefficient (Wildman–Crippen LogP) is 2.04. The molecule has 2 N–H and O–H groups in total. The van der Waals surface area contributed by atoms with Crippen molar-refractivity contribution in [2.45, 2.75) is 26.7 Å². The van der Waals surface area contributed by atoms with Crippen molar-refractivity contribution in [3.05, 3.63) is 23.3 Å². The third kappa shape index (κ3) is 2.03. The molecule has 1 aliphatic rings. The molecule has 1 aromatic rings. The van der Waals surface area contributed by atoms with Gasteiger partial charge in [0.15, 0.2) is 0 Å². The third-order valence-electron chi connectivity index (χ3n) is 3.66. The molecule has 1 aliphatic heterocycles. The van der Waals surface area contributed by atoms with Crippen molar-refractivity contribution in [2.75, 3.05) is 18.5 Å². The molecule has 1 heterocycles. The molecule has 0 aromatic heterocycles. The van der Waals surface area contributed by atoms with Crippen LogP contribution in [0, 0.1) is 5.41 Å². The van der Waals surface area contributed by atoms with E-state index in [1.807, 2.05) is 19.2 Å². The third-order valence-corrected chi connectivity index (χ3v) is 3.66. The Morgan fingerprint density at radius 2 is 2.11 bits per heavy atom. The van der Waals surface area contributed by atoms with E-state index in [1.165, 1.54) is 0 Å².